The van der Waals surface area contributed by atoms with Crippen LogP contribution in [-0.4, -0.2) is 35.0 Å². The zero-order valence-electron chi connectivity index (χ0n) is 22.6. The lowest BCUT2D eigenvalue weighted by Crippen LogP contribution is -2.57. The maximum absolute atomic E-state index is 11.4. The molecule has 2 N–H and O–H groups in total. The number of ether oxygens (including phenoxy) is 1. The van der Waals surface area contributed by atoms with Crippen LogP contribution in [0.3, 0.4) is 0 Å². The second-order valence-corrected chi connectivity index (χ2v) is 14.3. The molecule has 35 heavy (non-hydrogen) atoms. The van der Waals surface area contributed by atoms with Gasteiger partial charge in [0.15, 0.2) is 6.29 Å². The number of hydrogen-bond donors (Lipinski definition) is 2. The van der Waals surface area contributed by atoms with Crippen LogP contribution in [0.1, 0.15) is 87.9 Å². The van der Waals surface area contributed by atoms with E-state index in [0.717, 1.165) is 35.7 Å². The molecule has 13 atom stereocenters. The average molecular weight is 485 g/mol. The van der Waals surface area contributed by atoms with E-state index in [4.69, 9.17) is 9.53 Å². The van der Waals surface area contributed by atoms with Gasteiger partial charge in [-0.15, -0.1) is 0 Å². The minimum atomic E-state index is -0.718. The molecule has 0 saturated heterocycles. The molecule has 0 aromatic carbocycles. The second-order valence-electron chi connectivity index (χ2n) is 14.3. The summed E-state index contributed by atoms with van der Waals surface area (Å²) < 4.78 is 6.17. The highest BCUT2D eigenvalue weighted by molar-refractivity contribution is 5.55. The zero-order valence-corrected chi connectivity index (χ0v) is 22.6. The van der Waals surface area contributed by atoms with Crippen molar-refractivity contribution in [1.82, 2.24) is 0 Å². The molecule has 0 amide bonds. The van der Waals surface area contributed by atoms with E-state index in [2.05, 4.69) is 40.7 Å². The third-order valence-corrected chi connectivity index (χ3v) is 13.4. The number of rotatable bonds is 2. The molecule has 7 aliphatic rings. The molecule has 7 rings (SSSR count). The summed E-state index contributed by atoms with van der Waals surface area (Å²) in [7, 11) is 0. The minimum absolute atomic E-state index is 0. The maximum atomic E-state index is 11.4. The normalized spacial score (nSPS) is 58.0. The molecular weight excluding hydrogens is 436 g/mol. The van der Waals surface area contributed by atoms with Gasteiger partial charge in [0, 0.05) is 12.8 Å². The van der Waals surface area contributed by atoms with Crippen LogP contribution in [0.25, 0.3) is 0 Å². The van der Waals surface area contributed by atoms with E-state index in [1.165, 1.54) is 49.7 Å². The summed E-state index contributed by atoms with van der Waals surface area (Å²) in [5, 5.41) is 21.9. The Morgan fingerprint density at radius 3 is 2.51 bits per heavy atom. The van der Waals surface area contributed by atoms with Crippen LogP contribution in [0.15, 0.2) is 22.8 Å². The smallest absolute Gasteiger partial charge is 0.177 e. The van der Waals surface area contributed by atoms with Crippen LogP contribution in [0.4, 0.5) is 0 Å². The van der Waals surface area contributed by atoms with Crippen LogP contribution in [0.2, 0.25) is 0 Å². The van der Waals surface area contributed by atoms with Crippen molar-refractivity contribution >= 4 is 6.79 Å². The average Bonchev–Trinajstić information content (AvgIpc) is 3.61. The molecule has 1 spiro atoms. The Morgan fingerprint density at radius 2 is 1.83 bits per heavy atom. The first-order valence-electron chi connectivity index (χ1n) is 14.2. The molecule has 0 radical (unpaired) electrons. The van der Waals surface area contributed by atoms with Gasteiger partial charge in [0.2, 0.25) is 0 Å². The Morgan fingerprint density at radius 1 is 1.11 bits per heavy atom. The van der Waals surface area contributed by atoms with Gasteiger partial charge in [-0.05, 0) is 118 Å². The van der Waals surface area contributed by atoms with Crippen molar-refractivity contribution in [1.29, 1.82) is 0 Å². The van der Waals surface area contributed by atoms with Crippen LogP contribution >= 0.6 is 0 Å². The summed E-state index contributed by atoms with van der Waals surface area (Å²) in [5.41, 5.74) is 4.27. The van der Waals surface area contributed by atoms with Crippen molar-refractivity contribution in [3.63, 3.8) is 0 Å². The van der Waals surface area contributed by atoms with Gasteiger partial charge in [-0.3, -0.25) is 0 Å². The molecule has 5 fully saturated rings. The first-order valence-corrected chi connectivity index (χ1v) is 14.2. The largest absolute Gasteiger partial charge is 0.385 e. The van der Waals surface area contributed by atoms with Gasteiger partial charge >= 0.3 is 0 Å². The molecule has 5 unspecified atom stereocenters. The third kappa shape index (κ3) is 2.63. The van der Waals surface area contributed by atoms with Crippen molar-refractivity contribution < 1.29 is 21.2 Å². The molecule has 0 bridgehead atoms. The van der Waals surface area contributed by atoms with Crippen LogP contribution < -0.4 is 0 Å². The van der Waals surface area contributed by atoms with Crippen molar-refractivity contribution in [2.24, 2.45) is 57.7 Å². The van der Waals surface area contributed by atoms with Gasteiger partial charge in [-0.25, -0.2) is 0 Å². The Hall–Kier alpha value is -0.970. The number of fused-ring (bicyclic) bond motifs is 6. The first-order chi connectivity index (χ1) is 16.5. The number of allylic oxidation sites excluding steroid dienone is 1. The second kappa shape index (κ2) is 7.32. The highest BCUT2D eigenvalue weighted by Gasteiger charge is 3.01. The monoisotopic (exact) mass is 484 g/mol. The summed E-state index contributed by atoms with van der Waals surface area (Å²) in [5.74, 6) is 4.97. The minimum Gasteiger partial charge on any atom is -0.385 e. The molecule has 0 aromatic heterocycles. The van der Waals surface area contributed by atoms with E-state index >= 15 is 0 Å². The lowest BCUT2D eigenvalue weighted by molar-refractivity contribution is -0.160. The van der Waals surface area contributed by atoms with Crippen LogP contribution in [0.5, 0.6) is 0 Å². The number of aliphatic hydroxyl groups excluding tert-OH is 1. The first kappa shape index (κ1) is 24.4. The van der Waals surface area contributed by atoms with Gasteiger partial charge < -0.3 is 19.7 Å². The number of hydrogen-bond acceptors (Lipinski definition) is 4. The Kier molecular flexibility index (Phi) is 5.10. The van der Waals surface area contributed by atoms with Crippen molar-refractivity contribution in [3.05, 3.63) is 22.8 Å². The summed E-state index contributed by atoms with van der Waals surface area (Å²) in [6, 6.07) is 0. The lowest BCUT2D eigenvalue weighted by Gasteiger charge is -2.61. The quantitative estimate of drug-likeness (QED) is 0.477. The molecule has 196 valence electrons. The van der Waals surface area contributed by atoms with E-state index in [1.807, 2.05) is 13.7 Å². The fourth-order valence-electron chi connectivity index (χ4n) is 12.0. The van der Waals surface area contributed by atoms with E-state index in [0.29, 0.717) is 28.6 Å². The SMILES string of the molecule is C=O.CC1=C[C@@]2(O)C3C4C[C@@H]5[C@H](CC[C@]6(C)[C@@H]([C@H](C)C7CC(C)=C(C)C(O)O7)CC[C@@H]56)C(C)(C1)[C@@]432.[HH]. The topological polar surface area (TPSA) is 66.8 Å². The molecule has 5 saturated carbocycles. The third-order valence-electron chi connectivity index (χ3n) is 13.4. The Labute approximate surface area is 213 Å². The number of carbonyl (C=O) groups is 1. The maximum Gasteiger partial charge on any atom is 0.177 e. The van der Waals surface area contributed by atoms with E-state index in [1.54, 1.807) is 0 Å². The fourth-order valence-corrected chi connectivity index (χ4v) is 12.0. The van der Waals surface area contributed by atoms with E-state index in [-0.39, 0.29) is 12.9 Å². The summed E-state index contributed by atoms with van der Waals surface area (Å²) in [6.07, 6.45) is 10.6. The van der Waals surface area contributed by atoms with E-state index < -0.39 is 11.9 Å². The molecule has 0 aromatic rings. The highest BCUT2D eigenvalue weighted by Crippen LogP contribution is 2.98. The number of aliphatic hydroxyl groups is 2. The van der Waals surface area contributed by atoms with Crippen LogP contribution in [0, 0.1) is 57.7 Å². The molecule has 4 nitrogen and oxygen atoms in total. The molecule has 1 aliphatic heterocycles. The van der Waals surface area contributed by atoms with Crippen LogP contribution in [-0.2, 0) is 9.53 Å². The van der Waals surface area contributed by atoms with Crippen molar-refractivity contribution in [2.45, 2.75) is 104 Å². The lowest BCUT2D eigenvalue weighted by atomic mass is 9.44. The number of carbonyl (C=O) groups excluding carboxylic acids is 1. The van der Waals surface area contributed by atoms with Gasteiger partial charge in [0.05, 0.1) is 11.7 Å². The molecule has 4 heteroatoms. The standard InChI is InChI=1S/C30H44O3.CH2O.H2/c1-15-13-28(6)22-9-10-27(5)20(18(4)24-11-16(2)17(3)26(31)33-24)7-8-21(27)19(22)12-23-25-29(32,14-15)30(23,25)28;1-2;/h14,18-26,31-32H,7-13H2,1-6H3;1H2;1H/t18-,19-,20+,21-,22-,23?,24?,25?,26?,27+,28?,29+,30+;;/m0../s1. The molecule has 6 aliphatic carbocycles. The van der Waals surface area contributed by atoms with Crippen molar-refractivity contribution in [2.75, 3.05) is 0 Å². The predicted octanol–water partition coefficient (Wildman–Crippen LogP) is 5.92. The van der Waals surface area contributed by atoms with Gasteiger partial charge in [-0.2, -0.15) is 0 Å². The van der Waals surface area contributed by atoms with Gasteiger partial charge in [0.1, 0.15) is 6.79 Å². The summed E-state index contributed by atoms with van der Waals surface area (Å²) >= 11 is 0. The van der Waals surface area contributed by atoms with Gasteiger partial charge in [0.25, 0.3) is 0 Å². The molecule has 1 heterocycles. The Balaban J connectivity index is 0.000000869. The zero-order chi connectivity index (χ0) is 25.3. The fraction of sp³-hybridized carbons (Fsp3) is 0.839. The molecular formula is C31H48O4. The summed E-state index contributed by atoms with van der Waals surface area (Å²) in [4.78, 5) is 8.00. The van der Waals surface area contributed by atoms with E-state index in [9.17, 15) is 10.2 Å². The predicted molar refractivity (Wildman–Crippen MR) is 138 cm³/mol. The van der Waals surface area contributed by atoms with Crippen molar-refractivity contribution in [3.8, 4) is 0 Å². The highest BCUT2D eigenvalue weighted by atomic mass is 16.6. The Bertz CT molecular complexity index is 1010. The van der Waals surface area contributed by atoms with Gasteiger partial charge in [-0.1, -0.05) is 38.0 Å². The summed E-state index contributed by atoms with van der Waals surface area (Å²) in [6.45, 7) is 16.1.